The predicted molar refractivity (Wildman–Crippen MR) is 108 cm³/mol. The molecule has 1 aliphatic carbocycles. The van der Waals surface area contributed by atoms with Gasteiger partial charge in [0.15, 0.2) is 0 Å². The van der Waals surface area contributed by atoms with Crippen molar-refractivity contribution in [1.82, 2.24) is 9.80 Å². The van der Waals surface area contributed by atoms with Crippen molar-refractivity contribution in [2.24, 2.45) is 5.92 Å². The third-order valence-corrected chi connectivity index (χ3v) is 5.99. The third kappa shape index (κ3) is 4.75. The van der Waals surface area contributed by atoms with Gasteiger partial charge in [-0.1, -0.05) is 0 Å². The summed E-state index contributed by atoms with van der Waals surface area (Å²) in [7, 11) is 2.10. The molecule has 0 unspecified atom stereocenters. The predicted octanol–water partition coefficient (Wildman–Crippen LogP) is 3.00. The number of carbonyl (C=O) groups is 1. The average molecular weight is 391 g/mol. The number of likely N-dealkylation sites (N-methyl/N-ethyl adjacent to an activating group) is 1. The van der Waals surface area contributed by atoms with Crippen LogP contribution >= 0.6 is 0 Å². The van der Waals surface area contributed by atoms with Gasteiger partial charge in [-0.15, -0.1) is 0 Å². The van der Waals surface area contributed by atoms with Crippen molar-refractivity contribution >= 4 is 17.4 Å². The lowest BCUT2D eigenvalue weighted by molar-refractivity contribution is 0.167. The highest BCUT2D eigenvalue weighted by Gasteiger charge is 2.35. The Morgan fingerprint density at radius 1 is 1.25 bits per heavy atom. The number of nitrogens with one attached hydrogen (secondary N) is 1. The minimum absolute atomic E-state index is 0.127. The Labute approximate surface area is 166 Å². The van der Waals surface area contributed by atoms with Gasteiger partial charge >= 0.3 is 6.03 Å². The second-order valence-corrected chi connectivity index (χ2v) is 8.35. The Hall–Kier alpha value is -1.86. The van der Waals surface area contributed by atoms with Crippen molar-refractivity contribution in [3.8, 4) is 0 Å². The number of benzene rings is 1. The van der Waals surface area contributed by atoms with Gasteiger partial charge in [0.2, 0.25) is 0 Å². The quantitative estimate of drug-likeness (QED) is 0.840. The molecule has 28 heavy (non-hydrogen) atoms. The number of ether oxygens (including phenoxy) is 1. The first-order chi connectivity index (χ1) is 13.6. The molecule has 0 bridgehead atoms. The van der Waals surface area contributed by atoms with Crippen LogP contribution in [0.5, 0.6) is 0 Å². The van der Waals surface area contributed by atoms with Crippen LogP contribution < -0.4 is 10.2 Å². The summed E-state index contributed by atoms with van der Waals surface area (Å²) in [5.41, 5.74) is 1.14. The van der Waals surface area contributed by atoms with Gasteiger partial charge in [-0.25, -0.2) is 9.18 Å². The second-order valence-electron chi connectivity index (χ2n) is 8.35. The summed E-state index contributed by atoms with van der Waals surface area (Å²) < 4.78 is 20.2. The highest BCUT2D eigenvalue weighted by atomic mass is 19.1. The highest BCUT2D eigenvalue weighted by Crippen LogP contribution is 2.30. The number of urea groups is 1. The normalized spacial score (nSPS) is 23.5. The molecule has 2 aliphatic heterocycles. The van der Waals surface area contributed by atoms with E-state index in [1.54, 1.807) is 6.07 Å². The number of hydrogen-bond donors (Lipinski definition) is 1. The molecule has 3 aliphatic rings. The minimum Gasteiger partial charge on any atom is -0.381 e. The fourth-order valence-electron chi connectivity index (χ4n) is 4.11. The molecule has 2 heterocycles. The average Bonchev–Trinajstić information content (AvgIpc) is 3.42. The lowest BCUT2D eigenvalue weighted by atomic mass is 10.1. The second kappa shape index (κ2) is 8.66. The summed E-state index contributed by atoms with van der Waals surface area (Å²) in [6.07, 6.45) is 4.13. The van der Waals surface area contributed by atoms with Gasteiger partial charge in [0.25, 0.3) is 0 Å². The third-order valence-electron chi connectivity index (χ3n) is 5.99. The van der Waals surface area contributed by atoms with Gasteiger partial charge < -0.3 is 24.8 Å². The molecule has 0 radical (unpaired) electrons. The lowest BCUT2D eigenvalue weighted by Gasteiger charge is -2.26. The fourth-order valence-corrected chi connectivity index (χ4v) is 4.11. The van der Waals surface area contributed by atoms with E-state index in [2.05, 4.69) is 22.2 Å². The Morgan fingerprint density at radius 3 is 2.82 bits per heavy atom. The monoisotopic (exact) mass is 390 g/mol. The molecule has 4 rings (SSSR count). The van der Waals surface area contributed by atoms with Crippen molar-refractivity contribution in [3.05, 3.63) is 24.0 Å². The molecule has 0 aromatic heterocycles. The van der Waals surface area contributed by atoms with Crippen LogP contribution in [-0.4, -0.2) is 74.9 Å². The molecule has 1 aromatic carbocycles. The molecule has 3 fully saturated rings. The zero-order valence-corrected chi connectivity index (χ0v) is 16.7. The summed E-state index contributed by atoms with van der Waals surface area (Å²) in [5.74, 6) is 0.135. The lowest BCUT2D eigenvalue weighted by Crippen LogP contribution is -2.40. The first kappa shape index (κ1) is 19.5. The van der Waals surface area contributed by atoms with Crippen LogP contribution in [0.2, 0.25) is 0 Å². The van der Waals surface area contributed by atoms with Gasteiger partial charge in [-0.3, -0.25) is 0 Å². The fraction of sp³-hybridized carbons (Fsp3) is 0.667. The highest BCUT2D eigenvalue weighted by molar-refractivity contribution is 5.90. The molecule has 0 spiro atoms. The molecule has 154 valence electrons. The maximum absolute atomic E-state index is 14.8. The van der Waals surface area contributed by atoms with Crippen molar-refractivity contribution in [3.63, 3.8) is 0 Å². The molecule has 2 amide bonds. The Balaban J connectivity index is 1.39. The van der Waals surface area contributed by atoms with Crippen LogP contribution in [0, 0.1) is 11.7 Å². The van der Waals surface area contributed by atoms with Gasteiger partial charge in [-0.05, 0) is 57.5 Å². The van der Waals surface area contributed by atoms with Crippen molar-refractivity contribution in [1.29, 1.82) is 0 Å². The summed E-state index contributed by atoms with van der Waals surface area (Å²) in [6, 6.07) is 5.25. The van der Waals surface area contributed by atoms with E-state index in [9.17, 15) is 9.18 Å². The maximum atomic E-state index is 14.8. The zero-order valence-electron chi connectivity index (χ0n) is 16.7. The molecule has 1 atom stereocenters. The van der Waals surface area contributed by atoms with Crippen LogP contribution in [0.15, 0.2) is 18.2 Å². The van der Waals surface area contributed by atoms with E-state index in [4.69, 9.17) is 4.74 Å². The summed E-state index contributed by atoms with van der Waals surface area (Å²) in [4.78, 5) is 19.1. The van der Waals surface area contributed by atoms with Crippen LogP contribution in [-0.2, 0) is 4.74 Å². The standard InChI is InChI=1S/C21H31FN4O2/c1-24-8-2-9-25(11-10-24)20-6-3-17(13-19(20)22)23-21(27)26(18-4-5-18)14-16-7-12-28-15-16/h3,6,13,16,18H,2,4-5,7-12,14-15H2,1H3,(H,23,27)/t16-/m1/s1. The number of halogens is 1. The minimum atomic E-state index is -0.274. The molecule has 1 N–H and O–H groups in total. The molecule has 7 heteroatoms. The molecule has 2 saturated heterocycles. The molecule has 6 nitrogen and oxygen atoms in total. The van der Waals surface area contributed by atoms with Crippen molar-refractivity contribution < 1.29 is 13.9 Å². The first-order valence-corrected chi connectivity index (χ1v) is 10.5. The van der Waals surface area contributed by atoms with E-state index < -0.39 is 0 Å². The topological polar surface area (TPSA) is 48.0 Å². The Kier molecular flexibility index (Phi) is 6.01. The molecule has 1 saturated carbocycles. The van der Waals surface area contributed by atoms with E-state index in [-0.39, 0.29) is 11.8 Å². The number of rotatable bonds is 5. The SMILES string of the molecule is CN1CCCN(c2ccc(NC(=O)N(C[C@H]3CCOC3)C3CC3)cc2F)CC1. The number of hydrogen-bond acceptors (Lipinski definition) is 4. The Bertz CT molecular complexity index is 691. The van der Waals surface area contributed by atoms with E-state index in [0.29, 0.717) is 23.3 Å². The number of anilines is 2. The van der Waals surface area contributed by atoms with Gasteiger partial charge in [0.1, 0.15) is 5.82 Å². The smallest absolute Gasteiger partial charge is 0.322 e. The summed E-state index contributed by atoms with van der Waals surface area (Å²) in [6.45, 7) is 5.87. The van der Waals surface area contributed by atoms with Crippen molar-refractivity contribution in [2.45, 2.75) is 31.7 Å². The van der Waals surface area contributed by atoms with Crippen LogP contribution in [0.1, 0.15) is 25.7 Å². The van der Waals surface area contributed by atoms with Gasteiger partial charge in [-0.2, -0.15) is 0 Å². The van der Waals surface area contributed by atoms with Crippen molar-refractivity contribution in [2.75, 3.05) is 63.2 Å². The van der Waals surface area contributed by atoms with Gasteiger partial charge in [0.05, 0.1) is 12.3 Å². The zero-order chi connectivity index (χ0) is 19.5. The molecular weight excluding hydrogens is 359 g/mol. The number of nitrogens with zero attached hydrogens (tertiary/aromatic N) is 3. The largest absolute Gasteiger partial charge is 0.381 e. The molecular formula is C21H31FN4O2. The van der Waals surface area contributed by atoms with E-state index in [1.165, 1.54) is 6.07 Å². The maximum Gasteiger partial charge on any atom is 0.322 e. The number of carbonyl (C=O) groups excluding carboxylic acids is 1. The van der Waals surface area contributed by atoms with E-state index in [0.717, 1.165) is 71.6 Å². The van der Waals surface area contributed by atoms with E-state index in [1.807, 2.05) is 11.0 Å². The van der Waals surface area contributed by atoms with Gasteiger partial charge in [0, 0.05) is 50.4 Å². The van der Waals surface area contributed by atoms with Crippen LogP contribution in [0.4, 0.5) is 20.6 Å². The number of amides is 2. The van der Waals surface area contributed by atoms with Crippen LogP contribution in [0.3, 0.4) is 0 Å². The summed E-state index contributed by atoms with van der Waals surface area (Å²) >= 11 is 0. The van der Waals surface area contributed by atoms with Crippen LogP contribution in [0.25, 0.3) is 0 Å². The first-order valence-electron chi connectivity index (χ1n) is 10.5. The van der Waals surface area contributed by atoms with E-state index >= 15 is 0 Å². The Morgan fingerprint density at radius 2 is 2.11 bits per heavy atom. The summed E-state index contributed by atoms with van der Waals surface area (Å²) in [5, 5.41) is 2.91. The molecule has 1 aromatic rings.